The zero-order chi connectivity index (χ0) is 15.8. The Kier molecular flexibility index (Phi) is 3.69. The molecule has 118 valence electrons. The molecular formula is C19H20N2OS. The summed E-state index contributed by atoms with van der Waals surface area (Å²) in [6.45, 7) is 2.29. The van der Waals surface area contributed by atoms with Crippen LogP contribution in [0.4, 0.5) is 5.00 Å². The second-order valence-electron chi connectivity index (χ2n) is 6.42. The summed E-state index contributed by atoms with van der Waals surface area (Å²) < 4.78 is 0. The predicted molar refractivity (Wildman–Crippen MR) is 95.9 cm³/mol. The first-order chi connectivity index (χ1) is 11.2. The Labute approximate surface area is 140 Å². The van der Waals surface area contributed by atoms with Gasteiger partial charge in [0.25, 0.3) is 5.91 Å². The number of nitrogens with one attached hydrogen (secondary N) is 2. The van der Waals surface area contributed by atoms with Crippen LogP contribution in [0.2, 0.25) is 0 Å². The number of rotatable bonds is 2. The van der Waals surface area contributed by atoms with Gasteiger partial charge in [-0.05, 0) is 42.4 Å². The number of benzene rings is 1. The fourth-order valence-electron chi connectivity index (χ4n) is 3.35. The molecule has 2 heterocycles. The molecule has 0 saturated carbocycles. The molecule has 1 amide bonds. The van der Waals surface area contributed by atoms with Gasteiger partial charge in [-0.2, -0.15) is 0 Å². The summed E-state index contributed by atoms with van der Waals surface area (Å²) in [6.07, 6.45) is 7.22. The summed E-state index contributed by atoms with van der Waals surface area (Å²) in [6, 6.07) is 10.1. The van der Waals surface area contributed by atoms with Crippen molar-refractivity contribution in [2.45, 2.75) is 32.4 Å². The molecule has 2 aromatic rings. The molecule has 2 aliphatic rings. The van der Waals surface area contributed by atoms with Crippen LogP contribution in [-0.4, -0.2) is 12.1 Å². The number of amides is 1. The molecule has 3 nitrogen and oxygen atoms in total. The standard InChI is InChI=1S/C19H20N2OS/c1-12-7-9-14-15(11-12)23-19-17(14)18(22)20-16(21-19)10-8-13-5-3-2-4-6-13/h2-6,8,10,12,16,21H,7,9,11H2,1H3,(H,20,22)/b10-8+/t12-,16+/m1/s1. The molecule has 0 saturated heterocycles. The van der Waals surface area contributed by atoms with Crippen LogP contribution in [0.1, 0.15) is 39.7 Å². The number of hydrogen-bond acceptors (Lipinski definition) is 3. The van der Waals surface area contributed by atoms with Gasteiger partial charge < -0.3 is 10.6 Å². The first-order valence-electron chi connectivity index (χ1n) is 8.16. The zero-order valence-electron chi connectivity index (χ0n) is 13.1. The monoisotopic (exact) mass is 324 g/mol. The van der Waals surface area contributed by atoms with Crippen LogP contribution in [-0.2, 0) is 12.8 Å². The van der Waals surface area contributed by atoms with Crippen LogP contribution >= 0.6 is 11.3 Å². The molecule has 0 bridgehead atoms. The van der Waals surface area contributed by atoms with Crippen LogP contribution in [0.3, 0.4) is 0 Å². The van der Waals surface area contributed by atoms with Gasteiger partial charge in [0.1, 0.15) is 11.2 Å². The molecule has 0 fully saturated rings. The molecule has 2 atom stereocenters. The first kappa shape index (κ1) is 14.5. The lowest BCUT2D eigenvalue weighted by Crippen LogP contribution is -2.43. The van der Waals surface area contributed by atoms with Crippen LogP contribution in [0.15, 0.2) is 36.4 Å². The quantitative estimate of drug-likeness (QED) is 0.874. The Balaban J connectivity index is 1.58. The van der Waals surface area contributed by atoms with Gasteiger partial charge in [-0.3, -0.25) is 4.79 Å². The lowest BCUT2D eigenvalue weighted by molar-refractivity contribution is 0.0942. The molecular weight excluding hydrogens is 304 g/mol. The average molecular weight is 324 g/mol. The molecule has 0 unspecified atom stereocenters. The number of fused-ring (bicyclic) bond motifs is 3. The molecule has 2 N–H and O–H groups in total. The van der Waals surface area contributed by atoms with Gasteiger partial charge in [-0.25, -0.2) is 0 Å². The van der Waals surface area contributed by atoms with Crippen molar-refractivity contribution in [3.8, 4) is 0 Å². The highest BCUT2D eigenvalue weighted by Crippen LogP contribution is 2.41. The first-order valence-corrected chi connectivity index (χ1v) is 8.97. The summed E-state index contributed by atoms with van der Waals surface area (Å²) in [4.78, 5) is 13.9. The van der Waals surface area contributed by atoms with Crippen molar-refractivity contribution in [3.05, 3.63) is 58.0 Å². The maximum Gasteiger partial charge on any atom is 0.256 e. The summed E-state index contributed by atoms with van der Waals surface area (Å²) in [5.41, 5.74) is 3.30. The molecule has 1 aromatic heterocycles. The van der Waals surface area contributed by atoms with Gasteiger partial charge in [-0.1, -0.05) is 43.3 Å². The third kappa shape index (κ3) is 2.79. The molecule has 1 aliphatic heterocycles. The lowest BCUT2D eigenvalue weighted by atomic mass is 9.88. The number of carbonyl (C=O) groups excluding carboxylic acids is 1. The van der Waals surface area contributed by atoms with E-state index in [2.05, 4.69) is 29.7 Å². The number of thiophene rings is 1. The van der Waals surface area contributed by atoms with E-state index in [1.807, 2.05) is 30.4 Å². The fraction of sp³-hybridized carbons (Fsp3) is 0.316. The molecule has 0 spiro atoms. The largest absolute Gasteiger partial charge is 0.353 e. The van der Waals surface area contributed by atoms with Crippen molar-refractivity contribution in [1.82, 2.24) is 5.32 Å². The Morgan fingerprint density at radius 1 is 1.22 bits per heavy atom. The number of carbonyl (C=O) groups is 1. The van der Waals surface area contributed by atoms with Crippen LogP contribution < -0.4 is 10.6 Å². The van der Waals surface area contributed by atoms with Gasteiger partial charge in [-0.15, -0.1) is 11.3 Å². The third-order valence-electron chi connectivity index (χ3n) is 4.59. The second kappa shape index (κ2) is 5.85. The van der Waals surface area contributed by atoms with E-state index in [1.54, 1.807) is 11.3 Å². The smallest absolute Gasteiger partial charge is 0.256 e. The second-order valence-corrected chi connectivity index (χ2v) is 7.53. The Morgan fingerprint density at radius 3 is 2.87 bits per heavy atom. The van der Waals surface area contributed by atoms with Crippen LogP contribution in [0.5, 0.6) is 0 Å². The Morgan fingerprint density at radius 2 is 2.04 bits per heavy atom. The van der Waals surface area contributed by atoms with Crippen LogP contribution in [0.25, 0.3) is 6.08 Å². The van der Waals surface area contributed by atoms with Crippen molar-refractivity contribution in [3.63, 3.8) is 0 Å². The van der Waals surface area contributed by atoms with E-state index in [4.69, 9.17) is 0 Å². The number of anilines is 1. The van der Waals surface area contributed by atoms with E-state index in [0.717, 1.165) is 34.9 Å². The molecule has 4 heteroatoms. The Bertz CT molecular complexity index is 763. The van der Waals surface area contributed by atoms with E-state index in [-0.39, 0.29) is 12.1 Å². The summed E-state index contributed by atoms with van der Waals surface area (Å²) >= 11 is 1.76. The summed E-state index contributed by atoms with van der Waals surface area (Å²) in [7, 11) is 0. The molecule has 23 heavy (non-hydrogen) atoms. The summed E-state index contributed by atoms with van der Waals surface area (Å²) in [5, 5.41) is 7.57. The third-order valence-corrected chi connectivity index (χ3v) is 5.78. The zero-order valence-corrected chi connectivity index (χ0v) is 14.0. The minimum atomic E-state index is -0.146. The Hall–Kier alpha value is -2.07. The summed E-state index contributed by atoms with van der Waals surface area (Å²) in [5.74, 6) is 0.785. The van der Waals surface area contributed by atoms with Gasteiger partial charge in [0.2, 0.25) is 0 Å². The maximum absolute atomic E-state index is 12.5. The van der Waals surface area contributed by atoms with E-state index >= 15 is 0 Å². The highest BCUT2D eigenvalue weighted by molar-refractivity contribution is 7.16. The minimum Gasteiger partial charge on any atom is -0.353 e. The SMILES string of the molecule is C[C@@H]1CCc2c(sc3c2C(=O)N[C@H](/C=C/c2ccccc2)N3)C1. The highest BCUT2D eigenvalue weighted by Gasteiger charge is 2.31. The van der Waals surface area contributed by atoms with Crippen molar-refractivity contribution in [2.75, 3.05) is 5.32 Å². The number of hydrogen-bond donors (Lipinski definition) is 2. The highest BCUT2D eigenvalue weighted by atomic mass is 32.1. The van der Waals surface area contributed by atoms with Gasteiger partial charge >= 0.3 is 0 Å². The van der Waals surface area contributed by atoms with Crippen molar-refractivity contribution in [2.24, 2.45) is 5.92 Å². The fourth-order valence-corrected chi connectivity index (χ4v) is 4.80. The molecule has 1 aromatic carbocycles. The average Bonchev–Trinajstić information content (AvgIpc) is 2.91. The van der Waals surface area contributed by atoms with E-state index in [1.165, 1.54) is 16.9 Å². The molecule has 0 radical (unpaired) electrons. The lowest BCUT2D eigenvalue weighted by Gasteiger charge is -2.24. The van der Waals surface area contributed by atoms with Crippen molar-refractivity contribution in [1.29, 1.82) is 0 Å². The van der Waals surface area contributed by atoms with E-state index < -0.39 is 0 Å². The molecule has 1 aliphatic carbocycles. The van der Waals surface area contributed by atoms with Crippen molar-refractivity contribution < 1.29 is 4.79 Å². The van der Waals surface area contributed by atoms with Crippen molar-refractivity contribution >= 4 is 28.3 Å². The van der Waals surface area contributed by atoms with Gasteiger partial charge in [0.05, 0.1) is 5.56 Å². The maximum atomic E-state index is 12.5. The van der Waals surface area contributed by atoms with E-state index in [9.17, 15) is 4.79 Å². The van der Waals surface area contributed by atoms with Crippen LogP contribution in [0, 0.1) is 5.92 Å². The van der Waals surface area contributed by atoms with E-state index in [0.29, 0.717) is 0 Å². The minimum absolute atomic E-state index is 0.0634. The topological polar surface area (TPSA) is 41.1 Å². The predicted octanol–water partition coefficient (Wildman–Crippen LogP) is 4.07. The van der Waals surface area contributed by atoms with Gasteiger partial charge in [0.15, 0.2) is 0 Å². The van der Waals surface area contributed by atoms with Gasteiger partial charge in [0, 0.05) is 4.88 Å². The normalized spacial score (nSPS) is 23.1. The molecule has 4 rings (SSSR count).